The van der Waals surface area contributed by atoms with Gasteiger partial charge in [0.1, 0.15) is 11.4 Å². The lowest BCUT2D eigenvalue weighted by molar-refractivity contribution is -0.00111. The number of ether oxygens (including phenoxy) is 2. The minimum atomic E-state index is -0.402. The fourth-order valence-electron chi connectivity index (χ4n) is 3.45. The molecule has 3 heterocycles. The lowest BCUT2D eigenvalue weighted by Crippen LogP contribution is -2.60. The molecule has 24 heavy (non-hydrogen) atoms. The number of amides is 1. The molecule has 2 aliphatic heterocycles. The van der Waals surface area contributed by atoms with Crippen molar-refractivity contribution in [1.82, 2.24) is 9.88 Å². The average Bonchev–Trinajstić information content (AvgIpc) is 3.14. The largest absolute Gasteiger partial charge is 0.496 e. The summed E-state index contributed by atoms with van der Waals surface area (Å²) in [5.74, 6) is 1.18. The van der Waals surface area contributed by atoms with Crippen molar-refractivity contribution >= 4 is 11.6 Å². The van der Waals surface area contributed by atoms with Crippen molar-refractivity contribution in [2.45, 2.75) is 18.5 Å². The Kier molecular flexibility index (Phi) is 3.45. The molecule has 7 heteroatoms. The number of hydrogen-bond acceptors (Lipinski definition) is 6. The van der Waals surface area contributed by atoms with Gasteiger partial charge in [0.15, 0.2) is 12.2 Å². The van der Waals surface area contributed by atoms with Gasteiger partial charge in [0.05, 0.1) is 43.3 Å². The molecule has 7 nitrogen and oxygen atoms in total. The van der Waals surface area contributed by atoms with Crippen LogP contribution in [0.1, 0.15) is 23.2 Å². The van der Waals surface area contributed by atoms with Crippen molar-refractivity contribution in [3.63, 3.8) is 0 Å². The van der Waals surface area contributed by atoms with Gasteiger partial charge < -0.3 is 24.1 Å². The monoisotopic (exact) mass is 329 g/mol. The molecule has 1 fully saturated rings. The zero-order valence-electron chi connectivity index (χ0n) is 13.7. The van der Waals surface area contributed by atoms with Crippen LogP contribution in [-0.2, 0) is 4.74 Å². The van der Waals surface area contributed by atoms with Crippen LogP contribution in [0.5, 0.6) is 5.75 Å². The molecule has 2 aromatic rings. The zero-order chi connectivity index (χ0) is 16.7. The number of methoxy groups -OCH3 is 1. The Morgan fingerprint density at radius 2 is 2.08 bits per heavy atom. The highest BCUT2D eigenvalue weighted by Crippen LogP contribution is 2.41. The van der Waals surface area contributed by atoms with E-state index in [1.54, 1.807) is 24.3 Å². The second kappa shape index (κ2) is 5.52. The van der Waals surface area contributed by atoms with E-state index in [9.17, 15) is 4.79 Å². The molecule has 1 aromatic carbocycles. The van der Waals surface area contributed by atoms with Gasteiger partial charge in [-0.2, -0.15) is 0 Å². The van der Waals surface area contributed by atoms with E-state index < -0.39 is 5.66 Å². The zero-order valence-corrected chi connectivity index (χ0v) is 13.7. The molecule has 1 spiro atoms. The fourth-order valence-corrected chi connectivity index (χ4v) is 3.45. The van der Waals surface area contributed by atoms with E-state index >= 15 is 0 Å². The van der Waals surface area contributed by atoms with Crippen LogP contribution in [0.3, 0.4) is 0 Å². The quantitative estimate of drug-likeness (QED) is 0.911. The number of carbonyl (C=O) groups excluding carboxylic acids is 1. The predicted molar refractivity (Wildman–Crippen MR) is 87.0 cm³/mol. The smallest absolute Gasteiger partial charge is 0.257 e. The number of nitrogens with one attached hydrogen (secondary N) is 1. The van der Waals surface area contributed by atoms with Crippen molar-refractivity contribution in [2.24, 2.45) is 0 Å². The Hall–Kier alpha value is -2.54. The van der Waals surface area contributed by atoms with E-state index in [4.69, 9.17) is 13.9 Å². The number of hydrogen-bond donors (Lipinski definition) is 1. The molecule has 126 valence electrons. The molecule has 1 amide bonds. The summed E-state index contributed by atoms with van der Waals surface area (Å²) < 4.78 is 16.3. The van der Waals surface area contributed by atoms with Gasteiger partial charge in [-0.3, -0.25) is 4.79 Å². The van der Waals surface area contributed by atoms with Gasteiger partial charge >= 0.3 is 0 Å². The summed E-state index contributed by atoms with van der Waals surface area (Å²) in [6, 6.07) is 3.65. The number of benzene rings is 1. The van der Waals surface area contributed by atoms with E-state index in [-0.39, 0.29) is 5.91 Å². The van der Waals surface area contributed by atoms with Crippen LogP contribution in [0.15, 0.2) is 29.1 Å². The summed E-state index contributed by atoms with van der Waals surface area (Å²) in [4.78, 5) is 18.7. The summed E-state index contributed by atoms with van der Waals surface area (Å²) in [5.41, 5.74) is 1.68. The van der Waals surface area contributed by atoms with Crippen LogP contribution in [0.4, 0.5) is 5.69 Å². The van der Waals surface area contributed by atoms with E-state index in [2.05, 4.69) is 10.3 Å². The third-order valence-corrected chi connectivity index (χ3v) is 4.90. The highest BCUT2D eigenvalue weighted by atomic mass is 16.5. The van der Waals surface area contributed by atoms with Crippen molar-refractivity contribution in [2.75, 3.05) is 32.7 Å². The second-order valence-electron chi connectivity index (χ2n) is 6.10. The summed E-state index contributed by atoms with van der Waals surface area (Å²) in [6.07, 6.45) is 4.47. The lowest BCUT2D eigenvalue weighted by atomic mass is 9.92. The van der Waals surface area contributed by atoms with Gasteiger partial charge in [0, 0.05) is 26.0 Å². The van der Waals surface area contributed by atoms with Crippen LogP contribution in [-0.4, -0.2) is 48.8 Å². The molecule has 0 atom stereocenters. The Balaban J connectivity index is 1.82. The number of anilines is 1. The third kappa shape index (κ3) is 2.16. The Morgan fingerprint density at radius 3 is 2.75 bits per heavy atom. The van der Waals surface area contributed by atoms with Gasteiger partial charge in [-0.05, 0) is 6.07 Å². The first-order valence-electron chi connectivity index (χ1n) is 7.89. The molecule has 2 aliphatic rings. The van der Waals surface area contributed by atoms with Crippen molar-refractivity contribution < 1.29 is 18.7 Å². The van der Waals surface area contributed by atoms with E-state index in [0.717, 1.165) is 18.5 Å². The van der Waals surface area contributed by atoms with Crippen LogP contribution in [0.2, 0.25) is 0 Å². The maximum absolute atomic E-state index is 13.0. The maximum atomic E-state index is 13.0. The Morgan fingerprint density at radius 1 is 1.29 bits per heavy atom. The first-order chi connectivity index (χ1) is 11.6. The van der Waals surface area contributed by atoms with Crippen LogP contribution in [0, 0.1) is 0 Å². The molecular formula is C17H19N3O4. The summed E-state index contributed by atoms with van der Waals surface area (Å²) in [6.45, 7) is 1.26. The third-order valence-electron chi connectivity index (χ3n) is 4.90. The molecule has 1 saturated heterocycles. The molecular weight excluding hydrogens is 310 g/mol. The van der Waals surface area contributed by atoms with Gasteiger partial charge in [-0.25, -0.2) is 4.98 Å². The SMILES string of the molecule is COc1cc2c(cc1-c1cnco1)C(=O)N(C)C1(CCOCC1)N2. The van der Waals surface area contributed by atoms with Crippen molar-refractivity contribution in [3.05, 3.63) is 30.3 Å². The number of rotatable bonds is 2. The number of oxazole rings is 1. The second-order valence-corrected chi connectivity index (χ2v) is 6.10. The van der Waals surface area contributed by atoms with Crippen LogP contribution in [0.25, 0.3) is 11.3 Å². The van der Waals surface area contributed by atoms with Gasteiger partial charge in [-0.1, -0.05) is 0 Å². The summed E-state index contributed by atoms with van der Waals surface area (Å²) in [5, 5.41) is 3.54. The highest BCUT2D eigenvalue weighted by molar-refractivity contribution is 6.03. The molecule has 0 bridgehead atoms. The molecule has 0 saturated carbocycles. The van der Waals surface area contributed by atoms with Gasteiger partial charge in [-0.15, -0.1) is 0 Å². The van der Waals surface area contributed by atoms with Gasteiger partial charge in [0.2, 0.25) is 0 Å². The van der Waals surface area contributed by atoms with Crippen molar-refractivity contribution in [1.29, 1.82) is 0 Å². The first kappa shape index (κ1) is 15.0. The molecule has 0 unspecified atom stereocenters. The molecule has 0 radical (unpaired) electrons. The fraction of sp³-hybridized carbons (Fsp3) is 0.412. The van der Waals surface area contributed by atoms with Crippen molar-refractivity contribution in [3.8, 4) is 17.1 Å². The molecule has 4 rings (SSSR count). The normalized spacial score (nSPS) is 19.1. The molecule has 0 aliphatic carbocycles. The standard InChI is InChI=1S/C17H19N3O4/c1-20-16(21)11-7-12(15-9-18-10-24-15)14(22-2)8-13(11)19-17(20)3-5-23-6-4-17/h7-10,19H,3-6H2,1-2H3. The Labute approximate surface area is 139 Å². The number of aromatic nitrogens is 1. The number of carbonyl (C=O) groups is 1. The highest BCUT2D eigenvalue weighted by Gasteiger charge is 2.44. The molecule has 1 aromatic heterocycles. The average molecular weight is 329 g/mol. The van der Waals surface area contributed by atoms with Gasteiger partial charge in [0.25, 0.3) is 5.91 Å². The maximum Gasteiger partial charge on any atom is 0.257 e. The van der Waals surface area contributed by atoms with E-state index in [0.29, 0.717) is 35.9 Å². The topological polar surface area (TPSA) is 76.8 Å². The minimum absolute atomic E-state index is 0.0194. The number of fused-ring (bicyclic) bond motifs is 1. The summed E-state index contributed by atoms with van der Waals surface area (Å²) in [7, 11) is 3.44. The van der Waals surface area contributed by atoms with E-state index in [1.165, 1.54) is 6.39 Å². The summed E-state index contributed by atoms with van der Waals surface area (Å²) >= 11 is 0. The Bertz CT molecular complexity index is 766. The predicted octanol–water partition coefficient (Wildman–Crippen LogP) is 2.35. The lowest BCUT2D eigenvalue weighted by Gasteiger charge is -2.48. The first-order valence-corrected chi connectivity index (χ1v) is 7.89. The number of nitrogens with zero attached hydrogens (tertiary/aromatic N) is 2. The molecule has 1 N–H and O–H groups in total. The van der Waals surface area contributed by atoms with Crippen LogP contribution >= 0.6 is 0 Å². The minimum Gasteiger partial charge on any atom is -0.496 e. The van der Waals surface area contributed by atoms with Crippen LogP contribution < -0.4 is 10.1 Å². The van der Waals surface area contributed by atoms with E-state index in [1.807, 2.05) is 13.1 Å².